The molecule has 1 heterocycles. The van der Waals surface area contributed by atoms with Crippen LogP contribution in [0.2, 0.25) is 10.0 Å². The summed E-state index contributed by atoms with van der Waals surface area (Å²) < 4.78 is 2.11. The molecule has 0 unspecified atom stereocenters. The summed E-state index contributed by atoms with van der Waals surface area (Å²) in [4.78, 5) is 12.3. The molecule has 152 valence electrons. The van der Waals surface area contributed by atoms with Gasteiger partial charge in [0.1, 0.15) is 5.82 Å². The van der Waals surface area contributed by atoms with E-state index >= 15 is 0 Å². The molecule has 0 saturated heterocycles. The zero-order valence-electron chi connectivity index (χ0n) is 16.1. The van der Waals surface area contributed by atoms with Crippen molar-refractivity contribution in [1.29, 1.82) is 0 Å². The van der Waals surface area contributed by atoms with Crippen LogP contribution < -0.4 is 5.32 Å². The number of carbonyl (C=O) groups is 1. The van der Waals surface area contributed by atoms with Crippen molar-refractivity contribution in [2.24, 2.45) is 5.92 Å². The lowest BCUT2D eigenvalue weighted by Gasteiger charge is -2.21. The zero-order chi connectivity index (χ0) is 19.9. The number of carbonyl (C=O) groups excluding carboxylic acids is 1. The molecule has 1 saturated carbocycles. The molecule has 1 aromatic carbocycles. The van der Waals surface area contributed by atoms with E-state index in [1.807, 2.05) is 0 Å². The number of anilines is 1. The van der Waals surface area contributed by atoms with E-state index in [0.717, 1.165) is 29.9 Å². The normalized spacial score (nSPS) is 15.0. The second kappa shape index (κ2) is 10.5. The maximum atomic E-state index is 12.3. The fourth-order valence-electron chi connectivity index (χ4n) is 3.66. The van der Waals surface area contributed by atoms with Crippen molar-refractivity contribution in [3.05, 3.63) is 34.1 Å². The van der Waals surface area contributed by atoms with Crippen LogP contribution in [0.25, 0.3) is 0 Å². The number of benzene rings is 1. The minimum absolute atomic E-state index is 0.172. The molecule has 1 N–H and O–H groups in total. The number of nitrogens with one attached hydrogen (secondary N) is 1. The van der Waals surface area contributed by atoms with E-state index < -0.39 is 0 Å². The molecule has 0 bridgehead atoms. The Bertz CT molecular complexity index is 785. The maximum absolute atomic E-state index is 12.3. The second-order valence-electron chi connectivity index (χ2n) is 7.12. The van der Waals surface area contributed by atoms with Crippen LogP contribution in [-0.2, 0) is 17.8 Å². The third-order valence-corrected chi connectivity index (χ3v) is 6.77. The molecular formula is C20H26Cl2N4OS. The minimum atomic E-state index is -0.172. The summed E-state index contributed by atoms with van der Waals surface area (Å²) in [5.41, 5.74) is 0.446. The third-order valence-electron chi connectivity index (χ3n) is 5.17. The number of aryl methyl sites for hydroxylation is 1. The Kier molecular flexibility index (Phi) is 8.06. The lowest BCUT2D eigenvalue weighted by Crippen LogP contribution is -2.15. The fourth-order valence-corrected chi connectivity index (χ4v) is 4.97. The van der Waals surface area contributed by atoms with Gasteiger partial charge in [-0.05, 0) is 31.4 Å². The van der Waals surface area contributed by atoms with Gasteiger partial charge in [0.25, 0.3) is 0 Å². The number of amides is 1. The predicted octanol–water partition coefficient (Wildman–Crippen LogP) is 5.85. The summed E-state index contributed by atoms with van der Waals surface area (Å²) in [5.74, 6) is 1.89. The average molecular weight is 441 g/mol. The van der Waals surface area contributed by atoms with Gasteiger partial charge in [-0.25, -0.2) is 0 Å². The first-order valence-electron chi connectivity index (χ1n) is 9.87. The molecule has 0 atom stereocenters. The van der Waals surface area contributed by atoms with Gasteiger partial charge in [-0.3, -0.25) is 4.79 Å². The summed E-state index contributed by atoms with van der Waals surface area (Å²) >= 11 is 13.6. The van der Waals surface area contributed by atoms with E-state index in [9.17, 15) is 4.79 Å². The number of halogens is 2. The number of para-hydroxylation sites is 1. The first kappa shape index (κ1) is 21.5. The minimum Gasteiger partial charge on any atom is -0.323 e. The summed E-state index contributed by atoms with van der Waals surface area (Å²) in [6.45, 7) is 2.88. The summed E-state index contributed by atoms with van der Waals surface area (Å²) in [6.07, 6.45) is 8.90. The third kappa shape index (κ3) is 5.65. The van der Waals surface area contributed by atoms with Crippen LogP contribution in [0.3, 0.4) is 0 Å². The number of hydrogen-bond acceptors (Lipinski definition) is 4. The highest BCUT2D eigenvalue weighted by atomic mass is 35.5. The van der Waals surface area contributed by atoms with E-state index in [2.05, 4.69) is 27.0 Å². The summed E-state index contributed by atoms with van der Waals surface area (Å²) in [6, 6.07) is 5.14. The van der Waals surface area contributed by atoms with Crippen molar-refractivity contribution in [3.63, 3.8) is 0 Å². The Morgan fingerprint density at radius 2 is 1.93 bits per heavy atom. The summed E-state index contributed by atoms with van der Waals surface area (Å²) in [7, 11) is 0. The van der Waals surface area contributed by atoms with Gasteiger partial charge in [-0.15, -0.1) is 10.2 Å². The van der Waals surface area contributed by atoms with Crippen LogP contribution in [0.4, 0.5) is 5.69 Å². The Hall–Kier alpha value is -1.24. The fraction of sp³-hybridized carbons (Fsp3) is 0.550. The van der Waals surface area contributed by atoms with Crippen molar-refractivity contribution in [2.75, 3.05) is 11.1 Å². The lowest BCUT2D eigenvalue weighted by molar-refractivity contribution is -0.113. The predicted molar refractivity (Wildman–Crippen MR) is 116 cm³/mol. The van der Waals surface area contributed by atoms with Crippen LogP contribution in [0.5, 0.6) is 0 Å². The van der Waals surface area contributed by atoms with E-state index in [1.54, 1.807) is 18.2 Å². The number of nitrogens with zero attached hydrogens (tertiary/aromatic N) is 3. The number of thioether (sulfide) groups is 1. The standard InChI is InChI=1S/C20H26Cl2N4OS/c1-2-26-17(12-11-14-7-4-3-5-8-14)24-25-20(26)28-13-18(27)23-19-15(21)9-6-10-16(19)22/h6,9-10,14H,2-5,7-8,11-13H2,1H3,(H,23,27). The smallest absolute Gasteiger partial charge is 0.234 e. The monoisotopic (exact) mass is 440 g/mol. The Labute approximate surface area is 180 Å². The van der Waals surface area contributed by atoms with Crippen molar-refractivity contribution in [2.45, 2.75) is 63.6 Å². The van der Waals surface area contributed by atoms with Crippen LogP contribution in [-0.4, -0.2) is 26.4 Å². The summed E-state index contributed by atoms with van der Waals surface area (Å²) in [5, 5.41) is 13.1. The molecule has 1 aromatic heterocycles. The first-order valence-corrected chi connectivity index (χ1v) is 11.6. The van der Waals surface area contributed by atoms with Crippen LogP contribution in [0.1, 0.15) is 51.3 Å². The highest BCUT2D eigenvalue weighted by Crippen LogP contribution is 2.30. The molecule has 0 spiro atoms. The maximum Gasteiger partial charge on any atom is 0.234 e. The SMILES string of the molecule is CCn1c(CCC2CCCCC2)nnc1SCC(=O)Nc1c(Cl)cccc1Cl. The average Bonchev–Trinajstić information content (AvgIpc) is 3.10. The second-order valence-corrected chi connectivity index (χ2v) is 8.88. The number of rotatable bonds is 8. The molecular weight excluding hydrogens is 415 g/mol. The molecule has 1 fully saturated rings. The topological polar surface area (TPSA) is 59.8 Å². The zero-order valence-corrected chi connectivity index (χ0v) is 18.4. The molecule has 5 nitrogen and oxygen atoms in total. The highest BCUT2D eigenvalue weighted by Gasteiger charge is 2.18. The van der Waals surface area contributed by atoms with Gasteiger partial charge in [0, 0.05) is 13.0 Å². The van der Waals surface area contributed by atoms with E-state index in [1.165, 1.54) is 50.3 Å². The van der Waals surface area contributed by atoms with Crippen molar-refractivity contribution >= 4 is 46.6 Å². The quantitative estimate of drug-likeness (QED) is 0.522. The molecule has 0 radical (unpaired) electrons. The molecule has 2 aromatic rings. The van der Waals surface area contributed by atoms with Crippen molar-refractivity contribution < 1.29 is 4.79 Å². The van der Waals surface area contributed by atoms with Crippen LogP contribution in [0.15, 0.2) is 23.4 Å². The molecule has 1 aliphatic rings. The van der Waals surface area contributed by atoms with E-state index in [-0.39, 0.29) is 11.7 Å². The number of hydrogen-bond donors (Lipinski definition) is 1. The van der Waals surface area contributed by atoms with Gasteiger partial charge >= 0.3 is 0 Å². The molecule has 0 aliphatic heterocycles. The Balaban J connectivity index is 1.55. The number of aromatic nitrogens is 3. The molecule has 8 heteroatoms. The van der Waals surface area contributed by atoms with Gasteiger partial charge in [0.2, 0.25) is 5.91 Å². The molecule has 3 rings (SSSR count). The van der Waals surface area contributed by atoms with Gasteiger partial charge in [-0.1, -0.05) is 73.1 Å². The molecule has 1 amide bonds. The van der Waals surface area contributed by atoms with Gasteiger partial charge in [-0.2, -0.15) is 0 Å². The van der Waals surface area contributed by atoms with E-state index in [4.69, 9.17) is 23.2 Å². The van der Waals surface area contributed by atoms with Gasteiger partial charge in [0.05, 0.1) is 21.5 Å². The molecule has 28 heavy (non-hydrogen) atoms. The van der Waals surface area contributed by atoms with E-state index in [0.29, 0.717) is 15.7 Å². The van der Waals surface area contributed by atoms with Crippen molar-refractivity contribution in [1.82, 2.24) is 14.8 Å². The van der Waals surface area contributed by atoms with Gasteiger partial charge in [0.15, 0.2) is 5.16 Å². The Morgan fingerprint density at radius 3 is 2.61 bits per heavy atom. The van der Waals surface area contributed by atoms with Crippen LogP contribution in [0, 0.1) is 5.92 Å². The van der Waals surface area contributed by atoms with Gasteiger partial charge < -0.3 is 9.88 Å². The van der Waals surface area contributed by atoms with Crippen LogP contribution >= 0.6 is 35.0 Å². The Morgan fingerprint density at radius 1 is 1.21 bits per heavy atom. The highest BCUT2D eigenvalue weighted by molar-refractivity contribution is 7.99. The van der Waals surface area contributed by atoms with Crippen molar-refractivity contribution in [3.8, 4) is 0 Å². The lowest BCUT2D eigenvalue weighted by atomic mass is 9.86. The largest absolute Gasteiger partial charge is 0.323 e. The first-order chi connectivity index (χ1) is 13.6. The molecule has 1 aliphatic carbocycles.